The molecule has 1 fully saturated rings. The highest BCUT2D eigenvalue weighted by molar-refractivity contribution is 5.94. The Bertz CT molecular complexity index is 929. The van der Waals surface area contributed by atoms with Gasteiger partial charge in [0.1, 0.15) is 5.82 Å². The minimum absolute atomic E-state index is 0.0519. The predicted molar refractivity (Wildman–Crippen MR) is 106 cm³/mol. The highest BCUT2D eigenvalue weighted by atomic mass is 19.1. The van der Waals surface area contributed by atoms with Gasteiger partial charge in [-0.3, -0.25) is 4.79 Å². The average molecular weight is 376 g/mol. The number of para-hydroxylation sites is 1. The van der Waals surface area contributed by atoms with Crippen LogP contribution in [0.4, 0.5) is 16.0 Å². The number of anilines is 2. The SMILES string of the molecule is O=C(c1cnc(Nc2ccccc2)nc1)N1CCCCC1c1ccc(F)cc1. The molecule has 0 spiro atoms. The summed E-state index contributed by atoms with van der Waals surface area (Å²) in [4.78, 5) is 23.5. The Kier molecular flexibility index (Phi) is 5.28. The maximum atomic E-state index is 13.3. The van der Waals surface area contributed by atoms with Crippen LogP contribution in [0.3, 0.4) is 0 Å². The molecule has 2 heterocycles. The number of halogens is 1. The second kappa shape index (κ2) is 8.17. The Morgan fingerprint density at radius 1 is 1.00 bits per heavy atom. The van der Waals surface area contributed by atoms with Crippen molar-refractivity contribution in [2.45, 2.75) is 25.3 Å². The quantitative estimate of drug-likeness (QED) is 0.715. The molecule has 2 aromatic carbocycles. The number of likely N-dealkylation sites (tertiary alicyclic amines) is 1. The molecular formula is C22H21FN4O. The number of benzene rings is 2. The minimum Gasteiger partial charge on any atom is -0.332 e. The van der Waals surface area contributed by atoms with Crippen molar-refractivity contribution in [3.05, 3.63) is 83.9 Å². The van der Waals surface area contributed by atoms with Crippen molar-refractivity contribution in [1.82, 2.24) is 14.9 Å². The van der Waals surface area contributed by atoms with Gasteiger partial charge in [-0.05, 0) is 49.1 Å². The van der Waals surface area contributed by atoms with E-state index in [0.717, 1.165) is 30.5 Å². The van der Waals surface area contributed by atoms with Crippen LogP contribution in [0.1, 0.15) is 41.2 Å². The fraction of sp³-hybridized carbons (Fsp3) is 0.227. The Labute approximate surface area is 163 Å². The van der Waals surface area contributed by atoms with Crippen LogP contribution >= 0.6 is 0 Å². The van der Waals surface area contributed by atoms with Crippen LogP contribution in [0.15, 0.2) is 67.0 Å². The average Bonchev–Trinajstić information content (AvgIpc) is 2.75. The highest BCUT2D eigenvalue weighted by Crippen LogP contribution is 2.32. The molecule has 1 N–H and O–H groups in total. The molecule has 1 aromatic heterocycles. The molecular weight excluding hydrogens is 355 g/mol. The van der Waals surface area contributed by atoms with Gasteiger partial charge in [0.05, 0.1) is 11.6 Å². The van der Waals surface area contributed by atoms with Crippen molar-refractivity contribution in [3.8, 4) is 0 Å². The molecule has 1 atom stereocenters. The van der Waals surface area contributed by atoms with Gasteiger partial charge in [-0.15, -0.1) is 0 Å². The van der Waals surface area contributed by atoms with E-state index in [4.69, 9.17) is 0 Å². The van der Waals surface area contributed by atoms with Crippen LogP contribution in [0.2, 0.25) is 0 Å². The molecule has 0 radical (unpaired) electrons. The Morgan fingerprint density at radius 3 is 2.43 bits per heavy atom. The number of hydrogen-bond acceptors (Lipinski definition) is 4. The van der Waals surface area contributed by atoms with Crippen LogP contribution in [0.5, 0.6) is 0 Å². The van der Waals surface area contributed by atoms with E-state index in [2.05, 4.69) is 15.3 Å². The molecule has 4 rings (SSSR count). The predicted octanol–water partition coefficient (Wildman–Crippen LogP) is 4.73. The van der Waals surface area contributed by atoms with Crippen molar-refractivity contribution in [1.29, 1.82) is 0 Å². The van der Waals surface area contributed by atoms with Crippen LogP contribution in [-0.4, -0.2) is 27.3 Å². The maximum Gasteiger partial charge on any atom is 0.257 e. The molecule has 1 amide bonds. The second-order valence-corrected chi connectivity index (χ2v) is 6.85. The Hall–Kier alpha value is -3.28. The summed E-state index contributed by atoms with van der Waals surface area (Å²) < 4.78 is 13.3. The van der Waals surface area contributed by atoms with E-state index >= 15 is 0 Å². The fourth-order valence-corrected chi connectivity index (χ4v) is 3.53. The molecule has 142 valence electrons. The normalized spacial score (nSPS) is 16.6. The highest BCUT2D eigenvalue weighted by Gasteiger charge is 2.29. The van der Waals surface area contributed by atoms with Gasteiger partial charge in [-0.2, -0.15) is 0 Å². The van der Waals surface area contributed by atoms with Crippen LogP contribution in [0.25, 0.3) is 0 Å². The number of rotatable bonds is 4. The van der Waals surface area contributed by atoms with Gasteiger partial charge in [0.25, 0.3) is 5.91 Å². The van der Waals surface area contributed by atoms with Crippen LogP contribution < -0.4 is 5.32 Å². The lowest BCUT2D eigenvalue weighted by molar-refractivity contribution is 0.0610. The van der Waals surface area contributed by atoms with Crippen LogP contribution in [0, 0.1) is 5.82 Å². The van der Waals surface area contributed by atoms with Crippen LogP contribution in [-0.2, 0) is 0 Å². The van der Waals surface area contributed by atoms with E-state index in [1.807, 2.05) is 35.2 Å². The minimum atomic E-state index is -0.271. The van der Waals surface area contributed by atoms with E-state index in [9.17, 15) is 9.18 Å². The Morgan fingerprint density at radius 2 is 1.71 bits per heavy atom. The van der Waals surface area contributed by atoms with Crippen molar-refractivity contribution < 1.29 is 9.18 Å². The molecule has 6 heteroatoms. The van der Waals surface area contributed by atoms with Gasteiger partial charge in [0.2, 0.25) is 5.95 Å². The third kappa shape index (κ3) is 4.01. The lowest BCUT2D eigenvalue weighted by Gasteiger charge is -2.36. The standard InChI is InChI=1S/C22H21FN4O/c23-18-11-9-16(10-12-18)20-8-4-5-13-27(20)21(28)17-14-24-22(25-15-17)26-19-6-2-1-3-7-19/h1-3,6-7,9-12,14-15,20H,4-5,8,13H2,(H,24,25,26). The second-order valence-electron chi connectivity index (χ2n) is 6.85. The molecule has 1 saturated heterocycles. The van der Waals surface area contributed by atoms with E-state index in [0.29, 0.717) is 18.1 Å². The molecule has 1 unspecified atom stereocenters. The third-order valence-electron chi connectivity index (χ3n) is 4.95. The summed E-state index contributed by atoms with van der Waals surface area (Å²) in [5, 5.41) is 3.11. The zero-order valence-corrected chi connectivity index (χ0v) is 15.4. The number of aromatic nitrogens is 2. The summed E-state index contributed by atoms with van der Waals surface area (Å²) in [6.45, 7) is 0.672. The number of nitrogens with one attached hydrogen (secondary N) is 1. The van der Waals surface area contributed by atoms with Crippen molar-refractivity contribution in [2.75, 3.05) is 11.9 Å². The monoisotopic (exact) mass is 376 g/mol. The first-order valence-electron chi connectivity index (χ1n) is 9.41. The molecule has 0 aliphatic carbocycles. The van der Waals surface area contributed by atoms with Gasteiger partial charge in [-0.25, -0.2) is 14.4 Å². The summed E-state index contributed by atoms with van der Waals surface area (Å²) in [5.74, 6) is 0.0732. The van der Waals surface area contributed by atoms with Crippen molar-refractivity contribution in [2.24, 2.45) is 0 Å². The van der Waals surface area contributed by atoms with Gasteiger partial charge in [0, 0.05) is 24.6 Å². The first-order valence-corrected chi connectivity index (χ1v) is 9.41. The number of hydrogen-bond donors (Lipinski definition) is 1. The van der Waals surface area contributed by atoms with E-state index in [-0.39, 0.29) is 17.8 Å². The number of carbonyl (C=O) groups is 1. The van der Waals surface area contributed by atoms with E-state index in [1.165, 1.54) is 12.1 Å². The van der Waals surface area contributed by atoms with Crippen molar-refractivity contribution >= 4 is 17.5 Å². The summed E-state index contributed by atoms with van der Waals surface area (Å²) in [6.07, 6.45) is 5.97. The number of nitrogens with zero attached hydrogens (tertiary/aromatic N) is 3. The summed E-state index contributed by atoms with van der Waals surface area (Å²) in [5.41, 5.74) is 2.29. The van der Waals surface area contributed by atoms with Gasteiger partial charge in [0.15, 0.2) is 0 Å². The van der Waals surface area contributed by atoms with Gasteiger partial charge in [-0.1, -0.05) is 30.3 Å². The van der Waals surface area contributed by atoms with Crippen molar-refractivity contribution in [3.63, 3.8) is 0 Å². The molecule has 28 heavy (non-hydrogen) atoms. The lowest BCUT2D eigenvalue weighted by atomic mass is 9.94. The Balaban J connectivity index is 1.51. The van der Waals surface area contributed by atoms with Gasteiger partial charge < -0.3 is 10.2 Å². The number of carbonyl (C=O) groups excluding carboxylic acids is 1. The smallest absolute Gasteiger partial charge is 0.257 e. The lowest BCUT2D eigenvalue weighted by Crippen LogP contribution is -2.38. The summed E-state index contributed by atoms with van der Waals surface area (Å²) in [7, 11) is 0. The summed E-state index contributed by atoms with van der Waals surface area (Å²) in [6, 6.07) is 16.0. The molecule has 1 aliphatic rings. The molecule has 3 aromatic rings. The topological polar surface area (TPSA) is 58.1 Å². The third-order valence-corrected chi connectivity index (χ3v) is 4.95. The largest absolute Gasteiger partial charge is 0.332 e. The molecule has 1 aliphatic heterocycles. The summed E-state index contributed by atoms with van der Waals surface area (Å²) >= 11 is 0. The fourth-order valence-electron chi connectivity index (χ4n) is 3.53. The number of amides is 1. The van der Waals surface area contributed by atoms with E-state index < -0.39 is 0 Å². The number of piperidine rings is 1. The first kappa shape index (κ1) is 18.1. The molecule has 0 bridgehead atoms. The maximum absolute atomic E-state index is 13.3. The molecule has 0 saturated carbocycles. The molecule has 5 nitrogen and oxygen atoms in total. The van der Waals surface area contributed by atoms with Gasteiger partial charge >= 0.3 is 0 Å². The zero-order chi connectivity index (χ0) is 19.3. The van der Waals surface area contributed by atoms with E-state index in [1.54, 1.807) is 24.5 Å². The zero-order valence-electron chi connectivity index (χ0n) is 15.4. The first-order chi connectivity index (χ1) is 13.7.